The normalized spacial score (nSPS) is 11.3. The summed E-state index contributed by atoms with van der Waals surface area (Å²) in [5.74, 6) is -1.04. The Bertz CT molecular complexity index is 859. The molecule has 1 N–H and O–H groups in total. The standard InChI is InChI=1S/C19H17FN2OS/c1-19(2,13-8-4-3-5-9-13)16-12-24-18(21-16)22-17(23)14-10-6-7-11-15(14)20/h3-12H,1-2H3,(H,21,22,23). The second kappa shape index (κ2) is 6.53. The van der Waals surface area contributed by atoms with Gasteiger partial charge in [0.15, 0.2) is 5.13 Å². The summed E-state index contributed by atoms with van der Waals surface area (Å²) < 4.78 is 13.7. The Hall–Kier alpha value is -2.53. The summed E-state index contributed by atoms with van der Waals surface area (Å²) in [5.41, 5.74) is 1.74. The van der Waals surface area contributed by atoms with Crippen LogP contribution >= 0.6 is 11.3 Å². The third kappa shape index (κ3) is 3.21. The van der Waals surface area contributed by atoms with Gasteiger partial charge in [0.1, 0.15) is 5.82 Å². The van der Waals surface area contributed by atoms with Gasteiger partial charge in [-0.15, -0.1) is 11.3 Å². The largest absolute Gasteiger partial charge is 0.298 e. The Kier molecular flexibility index (Phi) is 4.44. The first kappa shape index (κ1) is 16.3. The third-order valence-corrected chi connectivity index (χ3v) is 4.74. The predicted octanol–water partition coefficient (Wildman–Crippen LogP) is 4.86. The number of carbonyl (C=O) groups excluding carboxylic acids is 1. The molecule has 0 fully saturated rings. The second-order valence-corrected chi connectivity index (χ2v) is 6.82. The highest BCUT2D eigenvalue weighted by Crippen LogP contribution is 2.33. The van der Waals surface area contributed by atoms with E-state index in [2.05, 4.69) is 36.3 Å². The summed E-state index contributed by atoms with van der Waals surface area (Å²) in [7, 11) is 0. The molecule has 3 aromatic rings. The monoisotopic (exact) mass is 340 g/mol. The highest BCUT2D eigenvalue weighted by molar-refractivity contribution is 7.14. The number of benzene rings is 2. The maximum absolute atomic E-state index is 13.7. The summed E-state index contributed by atoms with van der Waals surface area (Å²) >= 11 is 1.33. The summed E-state index contributed by atoms with van der Waals surface area (Å²) in [6.07, 6.45) is 0. The lowest BCUT2D eigenvalue weighted by Gasteiger charge is -2.23. The van der Waals surface area contributed by atoms with Gasteiger partial charge in [-0.05, 0) is 17.7 Å². The average molecular weight is 340 g/mol. The SMILES string of the molecule is CC(C)(c1ccccc1)c1csc(NC(=O)c2ccccc2F)n1. The zero-order valence-electron chi connectivity index (χ0n) is 13.4. The van der Waals surface area contributed by atoms with Crippen LogP contribution in [-0.2, 0) is 5.41 Å². The number of hydrogen-bond acceptors (Lipinski definition) is 3. The van der Waals surface area contributed by atoms with E-state index in [-0.39, 0.29) is 11.0 Å². The smallest absolute Gasteiger partial charge is 0.260 e. The minimum atomic E-state index is -0.545. The Balaban J connectivity index is 1.81. The number of rotatable bonds is 4. The predicted molar refractivity (Wildman–Crippen MR) is 95.0 cm³/mol. The number of nitrogens with one attached hydrogen (secondary N) is 1. The molecular weight excluding hydrogens is 323 g/mol. The molecule has 5 heteroatoms. The van der Waals surface area contributed by atoms with Gasteiger partial charge < -0.3 is 0 Å². The van der Waals surface area contributed by atoms with E-state index in [0.29, 0.717) is 5.13 Å². The Morgan fingerprint density at radius 2 is 1.75 bits per heavy atom. The molecule has 2 aromatic carbocycles. The van der Waals surface area contributed by atoms with Crippen LogP contribution in [0.2, 0.25) is 0 Å². The number of amides is 1. The lowest BCUT2D eigenvalue weighted by molar-refractivity contribution is 0.102. The molecule has 0 saturated carbocycles. The van der Waals surface area contributed by atoms with Crippen LogP contribution in [0.4, 0.5) is 9.52 Å². The van der Waals surface area contributed by atoms with E-state index < -0.39 is 11.7 Å². The number of nitrogens with zero attached hydrogens (tertiary/aromatic N) is 1. The molecule has 0 radical (unpaired) electrons. The Morgan fingerprint density at radius 3 is 2.46 bits per heavy atom. The van der Waals surface area contributed by atoms with Crippen molar-refractivity contribution in [3.05, 3.63) is 82.6 Å². The molecule has 0 spiro atoms. The number of halogens is 1. The van der Waals surface area contributed by atoms with Crippen molar-refractivity contribution in [1.29, 1.82) is 0 Å². The van der Waals surface area contributed by atoms with Crippen molar-refractivity contribution >= 4 is 22.4 Å². The van der Waals surface area contributed by atoms with E-state index in [4.69, 9.17) is 0 Å². The van der Waals surface area contributed by atoms with Crippen molar-refractivity contribution in [3.8, 4) is 0 Å². The lowest BCUT2D eigenvalue weighted by Crippen LogP contribution is -2.20. The first-order valence-electron chi connectivity index (χ1n) is 7.56. The number of thiazole rings is 1. The van der Waals surface area contributed by atoms with E-state index in [0.717, 1.165) is 11.3 Å². The van der Waals surface area contributed by atoms with E-state index in [1.54, 1.807) is 12.1 Å². The highest BCUT2D eigenvalue weighted by atomic mass is 32.1. The molecule has 3 rings (SSSR count). The zero-order valence-corrected chi connectivity index (χ0v) is 14.2. The average Bonchev–Trinajstić information content (AvgIpc) is 3.05. The second-order valence-electron chi connectivity index (χ2n) is 5.96. The maximum Gasteiger partial charge on any atom is 0.260 e. The third-order valence-electron chi connectivity index (χ3n) is 3.98. The van der Waals surface area contributed by atoms with Crippen LogP contribution < -0.4 is 5.32 Å². The quantitative estimate of drug-likeness (QED) is 0.737. The van der Waals surface area contributed by atoms with Gasteiger partial charge in [0.2, 0.25) is 0 Å². The summed E-state index contributed by atoms with van der Waals surface area (Å²) in [6, 6.07) is 16.0. The van der Waals surface area contributed by atoms with Crippen molar-refractivity contribution < 1.29 is 9.18 Å². The molecule has 0 aliphatic heterocycles. The zero-order chi connectivity index (χ0) is 17.2. The van der Waals surface area contributed by atoms with E-state index in [1.807, 2.05) is 23.6 Å². The molecule has 0 aliphatic carbocycles. The molecule has 3 nitrogen and oxygen atoms in total. The first-order chi connectivity index (χ1) is 11.5. The van der Waals surface area contributed by atoms with Crippen molar-refractivity contribution in [3.63, 3.8) is 0 Å². The van der Waals surface area contributed by atoms with Crippen molar-refractivity contribution in [1.82, 2.24) is 4.98 Å². The minimum absolute atomic E-state index is 0.0107. The van der Waals surface area contributed by atoms with E-state index >= 15 is 0 Å². The molecule has 1 heterocycles. The number of hydrogen-bond donors (Lipinski definition) is 1. The van der Waals surface area contributed by atoms with Crippen LogP contribution in [-0.4, -0.2) is 10.9 Å². The van der Waals surface area contributed by atoms with Crippen LogP contribution in [0, 0.1) is 5.82 Å². The summed E-state index contributed by atoms with van der Waals surface area (Å²) in [5, 5.41) is 5.05. The van der Waals surface area contributed by atoms with E-state index in [1.165, 1.54) is 23.5 Å². The van der Waals surface area contributed by atoms with Crippen LogP contribution in [0.25, 0.3) is 0 Å². The molecule has 1 amide bonds. The van der Waals surface area contributed by atoms with Crippen LogP contribution in [0.1, 0.15) is 35.5 Å². The van der Waals surface area contributed by atoms with Crippen molar-refractivity contribution in [2.75, 3.05) is 5.32 Å². The number of aromatic nitrogens is 1. The van der Waals surface area contributed by atoms with Crippen LogP contribution in [0.15, 0.2) is 60.0 Å². The molecule has 1 aromatic heterocycles. The fourth-order valence-electron chi connectivity index (χ4n) is 2.43. The maximum atomic E-state index is 13.7. The Morgan fingerprint density at radius 1 is 1.08 bits per heavy atom. The van der Waals surface area contributed by atoms with E-state index in [9.17, 15) is 9.18 Å². The van der Waals surface area contributed by atoms with Gasteiger partial charge in [-0.2, -0.15) is 0 Å². The topological polar surface area (TPSA) is 42.0 Å². The highest BCUT2D eigenvalue weighted by Gasteiger charge is 2.26. The fraction of sp³-hybridized carbons (Fsp3) is 0.158. The molecule has 0 aliphatic rings. The van der Waals surface area contributed by atoms with Gasteiger partial charge in [-0.3, -0.25) is 10.1 Å². The van der Waals surface area contributed by atoms with Crippen molar-refractivity contribution in [2.24, 2.45) is 0 Å². The molecule has 0 unspecified atom stereocenters. The molecular formula is C19H17FN2OS. The lowest BCUT2D eigenvalue weighted by atomic mass is 9.82. The number of anilines is 1. The van der Waals surface area contributed by atoms with Gasteiger partial charge in [0.25, 0.3) is 5.91 Å². The number of carbonyl (C=O) groups is 1. The van der Waals surface area contributed by atoms with Gasteiger partial charge in [-0.1, -0.05) is 56.3 Å². The molecule has 0 saturated heterocycles. The molecule has 122 valence electrons. The van der Waals surface area contributed by atoms with Gasteiger partial charge in [-0.25, -0.2) is 9.37 Å². The molecule has 24 heavy (non-hydrogen) atoms. The van der Waals surface area contributed by atoms with Gasteiger partial charge in [0, 0.05) is 10.8 Å². The van der Waals surface area contributed by atoms with Gasteiger partial charge >= 0.3 is 0 Å². The van der Waals surface area contributed by atoms with Crippen LogP contribution in [0.5, 0.6) is 0 Å². The summed E-state index contributed by atoms with van der Waals surface area (Å²) in [4.78, 5) is 16.7. The molecule has 0 atom stereocenters. The van der Waals surface area contributed by atoms with Crippen molar-refractivity contribution in [2.45, 2.75) is 19.3 Å². The summed E-state index contributed by atoms with van der Waals surface area (Å²) in [6.45, 7) is 4.17. The first-order valence-corrected chi connectivity index (χ1v) is 8.44. The van der Waals surface area contributed by atoms with Crippen LogP contribution in [0.3, 0.4) is 0 Å². The van der Waals surface area contributed by atoms with Gasteiger partial charge in [0.05, 0.1) is 11.3 Å². The molecule has 0 bridgehead atoms. The fourth-order valence-corrected chi connectivity index (χ4v) is 3.30. The Labute approximate surface area is 144 Å². The minimum Gasteiger partial charge on any atom is -0.298 e.